The van der Waals surface area contributed by atoms with Gasteiger partial charge in [0.2, 0.25) is 0 Å². The van der Waals surface area contributed by atoms with E-state index < -0.39 is 0 Å². The van der Waals surface area contributed by atoms with E-state index in [-0.39, 0.29) is 0 Å². The van der Waals surface area contributed by atoms with Crippen LogP contribution in [0.5, 0.6) is 0 Å². The molecule has 0 amide bonds. The molecule has 1 aliphatic rings. The van der Waals surface area contributed by atoms with E-state index in [2.05, 4.69) is 11.9 Å². The number of hydrogen-bond donors (Lipinski definition) is 0. The third kappa shape index (κ3) is 4.63. The van der Waals surface area contributed by atoms with Crippen LogP contribution in [0.1, 0.15) is 32.1 Å². The maximum atomic E-state index is 5.04. The number of rotatable bonds is 5. The van der Waals surface area contributed by atoms with Crippen molar-refractivity contribution in [1.29, 1.82) is 0 Å². The molecule has 1 heterocycles. The molecule has 0 unspecified atom stereocenters. The molecule has 0 radical (unpaired) electrons. The van der Waals surface area contributed by atoms with Crippen LogP contribution in [0, 0.1) is 5.92 Å². The van der Waals surface area contributed by atoms with E-state index >= 15 is 0 Å². The van der Waals surface area contributed by atoms with Gasteiger partial charge in [-0.1, -0.05) is 12.8 Å². The summed E-state index contributed by atoms with van der Waals surface area (Å²) in [6.07, 6.45) is 6.81. The Balaban J connectivity index is 1.96. The molecule has 1 fully saturated rings. The highest BCUT2D eigenvalue weighted by atomic mass is 16.5. The largest absolute Gasteiger partial charge is 0.385 e. The maximum absolute atomic E-state index is 5.04. The zero-order valence-electron chi connectivity index (χ0n) is 9.09. The van der Waals surface area contributed by atoms with Gasteiger partial charge in [0.1, 0.15) is 0 Å². The Kier molecular flexibility index (Phi) is 5.40. The minimum Gasteiger partial charge on any atom is -0.385 e. The smallest absolute Gasteiger partial charge is 0.0462 e. The summed E-state index contributed by atoms with van der Waals surface area (Å²) >= 11 is 0. The summed E-state index contributed by atoms with van der Waals surface area (Å²) < 4.78 is 5.04. The molecule has 0 aromatic carbocycles. The van der Waals surface area contributed by atoms with Crippen molar-refractivity contribution in [2.24, 2.45) is 5.92 Å². The fourth-order valence-corrected chi connectivity index (χ4v) is 2.03. The highest BCUT2D eigenvalue weighted by Gasteiger charge is 2.15. The number of nitrogens with zero attached hydrogens (tertiary/aromatic N) is 1. The molecular weight excluding hydrogens is 162 g/mol. The Morgan fingerprint density at radius 2 is 1.92 bits per heavy atom. The SMILES string of the molecule is COCCCCC1CCN(C)CC1. The second-order valence-corrected chi connectivity index (χ2v) is 4.24. The van der Waals surface area contributed by atoms with Gasteiger partial charge < -0.3 is 9.64 Å². The van der Waals surface area contributed by atoms with Gasteiger partial charge in [-0.2, -0.15) is 0 Å². The Morgan fingerprint density at radius 1 is 1.23 bits per heavy atom. The summed E-state index contributed by atoms with van der Waals surface area (Å²) in [5.74, 6) is 0.994. The molecule has 13 heavy (non-hydrogen) atoms. The lowest BCUT2D eigenvalue weighted by molar-refractivity contribution is 0.180. The van der Waals surface area contributed by atoms with E-state index in [1.807, 2.05) is 0 Å². The molecule has 0 N–H and O–H groups in total. The predicted octanol–water partition coefficient (Wildman–Crippen LogP) is 2.14. The van der Waals surface area contributed by atoms with Crippen molar-refractivity contribution in [2.45, 2.75) is 32.1 Å². The number of methoxy groups -OCH3 is 1. The first-order chi connectivity index (χ1) is 6.33. The van der Waals surface area contributed by atoms with E-state index in [1.54, 1.807) is 7.11 Å². The Morgan fingerprint density at radius 3 is 2.54 bits per heavy atom. The average molecular weight is 185 g/mol. The lowest BCUT2D eigenvalue weighted by atomic mass is 9.92. The van der Waals surface area contributed by atoms with Crippen molar-refractivity contribution in [3.8, 4) is 0 Å². The van der Waals surface area contributed by atoms with Crippen LogP contribution in [0.2, 0.25) is 0 Å². The van der Waals surface area contributed by atoms with Crippen LogP contribution in [0.25, 0.3) is 0 Å². The van der Waals surface area contributed by atoms with Crippen LogP contribution in [-0.2, 0) is 4.74 Å². The molecule has 2 heteroatoms. The van der Waals surface area contributed by atoms with Gasteiger partial charge in [0, 0.05) is 13.7 Å². The minimum absolute atomic E-state index is 0.937. The van der Waals surface area contributed by atoms with Crippen LogP contribution < -0.4 is 0 Å². The summed E-state index contributed by atoms with van der Waals surface area (Å²) in [4.78, 5) is 2.44. The molecule has 0 spiro atoms. The molecule has 0 aromatic heterocycles. The minimum atomic E-state index is 0.937. The van der Waals surface area contributed by atoms with Crippen LogP contribution >= 0.6 is 0 Å². The number of likely N-dealkylation sites (tertiary alicyclic amines) is 1. The molecule has 78 valence electrons. The van der Waals surface area contributed by atoms with E-state index in [0.717, 1.165) is 12.5 Å². The fraction of sp³-hybridized carbons (Fsp3) is 1.00. The highest BCUT2D eigenvalue weighted by Crippen LogP contribution is 2.21. The van der Waals surface area contributed by atoms with E-state index in [1.165, 1.54) is 45.2 Å². The van der Waals surface area contributed by atoms with Crippen molar-refractivity contribution < 1.29 is 4.74 Å². The Hall–Kier alpha value is -0.0800. The predicted molar refractivity (Wildman–Crippen MR) is 55.9 cm³/mol. The lowest BCUT2D eigenvalue weighted by Gasteiger charge is -2.28. The average Bonchev–Trinajstić information content (AvgIpc) is 2.15. The van der Waals surface area contributed by atoms with Gasteiger partial charge in [0.15, 0.2) is 0 Å². The first-order valence-electron chi connectivity index (χ1n) is 5.50. The first-order valence-corrected chi connectivity index (χ1v) is 5.50. The number of hydrogen-bond acceptors (Lipinski definition) is 2. The van der Waals surface area contributed by atoms with Gasteiger partial charge >= 0.3 is 0 Å². The van der Waals surface area contributed by atoms with Crippen molar-refractivity contribution >= 4 is 0 Å². The van der Waals surface area contributed by atoms with Gasteiger partial charge in [-0.15, -0.1) is 0 Å². The third-order valence-corrected chi connectivity index (χ3v) is 3.05. The fourth-order valence-electron chi connectivity index (χ4n) is 2.03. The molecule has 1 aliphatic heterocycles. The van der Waals surface area contributed by atoms with Crippen LogP contribution in [0.4, 0.5) is 0 Å². The zero-order valence-corrected chi connectivity index (χ0v) is 9.09. The van der Waals surface area contributed by atoms with Crippen LogP contribution in [-0.4, -0.2) is 38.8 Å². The van der Waals surface area contributed by atoms with Gasteiger partial charge in [-0.05, 0) is 45.3 Å². The molecule has 0 saturated carbocycles. The number of piperidine rings is 1. The normalized spacial score (nSPS) is 20.8. The second kappa shape index (κ2) is 6.39. The van der Waals surface area contributed by atoms with Gasteiger partial charge in [-0.25, -0.2) is 0 Å². The van der Waals surface area contributed by atoms with Crippen molar-refractivity contribution in [3.63, 3.8) is 0 Å². The zero-order chi connectivity index (χ0) is 9.52. The van der Waals surface area contributed by atoms with Crippen LogP contribution in [0.15, 0.2) is 0 Å². The van der Waals surface area contributed by atoms with Gasteiger partial charge in [0.25, 0.3) is 0 Å². The van der Waals surface area contributed by atoms with Crippen molar-refractivity contribution in [1.82, 2.24) is 4.90 Å². The van der Waals surface area contributed by atoms with Crippen molar-refractivity contribution in [2.75, 3.05) is 33.9 Å². The summed E-state index contributed by atoms with van der Waals surface area (Å²) in [6.45, 7) is 3.54. The molecule has 1 rings (SSSR count). The highest BCUT2D eigenvalue weighted by molar-refractivity contribution is 4.69. The summed E-state index contributed by atoms with van der Waals surface area (Å²) in [7, 11) is 4.01. The monoisotopic (exact) mass is 185 g/mol. The molecule has 0 aliphatic carbocycles. The molecule has 2 nitrogen and oxygen atoms in total. The summed E-state index contributed by atoms with van der Waals surface area (Å²) in [5.41, 5.74) is 0. The Labute approximate surface area is 82.3 Å². The molecule has 1 saturated heterocycles. The molecule has 0 atom stereocenters. The van der Waals surface area contributed by atoms with Gasteiger partial charge in [0.05, 0.1) is 0 Å². The quantitative estimate of drug-likeness (QED) is 0.608. The van der Waals surface area contributed by atoms with E-state index in [0.29, 0.717) is 0 Å². The second-order valence-electron chi connectivity index (χ2n) is 4.24. The summed E-state index contributed by atoms with van der Waals surface area (Å²) in [5, 5.41) is 0. The van der Waals surface area contributed by atoms with Crippen LogP contribution in [0.3, 0.4) is 0 Å². The Bertz CT molecular complexity index is 119. The third-order valence-electron chi connectivity index (χ3n) is 3.05. The number of unbranched alkanes of at least 4 members (excludes halogenated alkanes) is 1. The van der Waals surface area contributed by atoms with Crippen molar-refractivity contribution in [3.05, 3.63) is 0 Å². The summed E-state index contributed by atoms with van der Waals surface area (Å²) in [6, 6.07) is 0. The standard InChI is InChI=1S/C11H23NO/c1-12-8-6-11(7-9-12)5-3-4-10-13-2/h11H,3-10H2,1-2H3. The molecular formula is C11H23NO. The van der Waals surface area contributed by atoms with Gasteiger partial charge in [-0.3, -0.25) is 0 Å². The maximum Gasteiger partial charge on any atom is 0.0462 e. The molecule has 0 aromatic rings. The number of ether oxygens (including phenoxy) is 1. The van der Waals surface area contributed by atoms with E-state index in [9.17, 15) is 0 Å². The first kappa shape index (κ1) is 11.0. The molecule has 0 bridgehead atoms. The lowest BCUT2D eigenvalue weighted by Crippen LogP contribution is -2.30. The van der Waals surface area contributed by atoms with E-state index in [4.69, 9.17) is 4.74 Å². The topological polar surface area (TPSA) is 12.5 Å².